The number of amides is 2. The van der Waals surface area contributed by atoms with Crippen molar-refractivity contribution in [3.05, 3.63) is 72.1 Å². The molecular weight excluding hydrogens is 404 g/mol. The highest BCUT2D eigenvalue weighted by molar-refractivity contribution is 6.06. The number of nitrogens with zero attached hydrogens (tertiary/aromatic N) is 2. The van der Waals surface area contributed by atoms with Crippen molar-refractivity contribution in [2.24, 2.45) is 5.84 Å². The lowest BCUT2D eigenvalue weighted by atomic mass is 10.1. The lowest BCUT2D eigenvalue weighted by Gasteiger charge is -2.15. The summed E-state index contributed by atoms with van der Waals surface area (Å²) in [6.45, 7) is 9.56. The van der Waals surface area contributed by atoms with E-state index >= 15 is 0 Å². The third-order valence-corrected chi connectivity index (χ3v) is 5.14. The van der Waals surface area contributed by atoms with Crippen molar-refractivity contribution in [1.29, 1.82) is 0 Å². The van der Waals surface area contributed by atoms with E-state index in [0.29, 0.717) is 17.3 Å². The molecular formula is C24H32N6O2. The number of anilines is 1. The molecule has 0 aliphatic rings. The van der Waals surface area contributed by atoms with Crippen LogP contribution in [-0.2, 0) is 9.59 Å². The van der Waals surface area contributed by atoms with Crippen molar-refractivity contribution >= 4 is 28.5 Å². The monoisotopic (exact) mass is 436 g/mol. The predicted molar refractivity (Wildman–Crippen MR) is 130 cm³/mol. The van der Waals surface area contributed by atoms with Gasteiger partial charge in [-0.1, -0.05) is 31.7 Å². The van der Waals surface area contributed by atoms with Gasteiger partial charge in [0.25, 0.3) is 11.8 Å². The van der Waals surface area contributed by atoms with Gasteiger partial charge in [-0.25, -0.2) is 10.8 Å². The first-order chi connectivity index (χ1) is 15.2. The molecule has 2 amide bonds. The summed E-state index contributed by atoms with van der Waals surface area (Å²) in [4.78, 5) is 34.2. The van der Waals surface area contributed by atoms with Gasteiger partial charge in [0.05, 0.1) is 11.0 Å². The average molecular weight is 437 g/mol. The minimum absolute atomic E-state index is 0.126. The second-order valence-corrected chi connectivity index (χ2v) is 7.76. The molecule has 8 heteroatoms. The van der Waals surface area contributed by atoms with Gasteiger partial charge in [-0.3, -0.25) is 15.0 Å². The Labute approximate surface area is 188 Å². The van der Waals surface area contributed by atoms with E-state index in [1.54, 1.807) is 19.1 Å². The highest BCUT2D eigenvalue weighted by Crippen LogP contribution is 2.22. The Kier molecular flexibility index (Phi) is 8.69. The van der Waals surface area contributed by atoms with E-state index in [9.17, 15) is 9.59 Å². The van der Waals surface area contributed by atoms with Crippen molar-refractivity contribution in [1.82, 2.24) is 20.3 Å². The number of allylic oxidation sites excluding steroid dienone is 2. The minimum atomic E-state index is -0.516. The summed E-state index contributed by atoms with van der Waals surface area (Å²) in [7, 11) is 4.08. The molecule has 0 saturated heterocycles. The molecule has 2 unspecified atom stereocenters. The molecule has 2 aromatic rings. The highest BCUT2D eigenvalue weighted by atomic mass is 16.2. The molecule has 1 aromatic carbocycles. The second kappa shape index (κ2) is 11.2. The number of benzene rings is 1. The van der Waals surface area contributed by atoms with Crippen LogP contribution in [0.1, 0.15) is 32.5 Å². The number of nitrogens with two attached hydrogens (primary N) is 1. The summed E-state index contributed by atoms with van der Waals surface area (Å²) in [6, 6.07) is 5.85. The van der Waals surface area contributed by atoms with E-state index in [4.69, 9.17) is 5.84 Å². The van der Waals surface area contributed by atoms with Gasteiger partial charge in [0.15, 0.2) is 0 Å². The maximum absolute atomic E-state index is 12.6. The fraction of sp³-hybridized carbons (Fsp3) is 0.292. The van der Waals surface area contributed by atoms with E-state index in [1.807, 2.05) is 31.7 Å². The van der Waals surface area contributed by atoms with Gasteiger partial charge in [-0.15, -0.1) is 0 Å². The molecule has 0 radical (unpaired) electrons. The predicted octanol–water partition coefficient (Wildman–Crippen LogP) is 3.16. The third-order valence-electron chi connectivity index (χ3n) is 5.14. The molecule has 0 aliphatic heterocycles. The Morgan fingerprint density at radius 3 is 2.53 bits per heavy atom. The normalized spacial score (nSPS) is 14.3. The zero-order valence-corrected chi connectivity index (χ0v) is 19.3. The van der Waals surface area contributed by atoms with Crippen LogP contribution in [-0.4, -0.2) is 46.8 Å². The summed E-state index contributed by atoms with van der Waals surface area (Å²) >= 11 is 0. The largest absolute Gasteiger partial charge is 0.341 e. The molecule has 2 rings (SSSR count). The van der Waals surface area contributed by atoms with Gasteiger partial charge < -0.3 is 15.2 Å². The van der Waals surface area contributed by atoms with Crippen molar-refractivity contribution in [2.75, 3.05) is 19.4 Å². The molecule has 170 valence electrons. The van der Waals surface area contributed by atoms with E-state index in [0.717, 1.165) is 16.9 Å². The lowest BCUT2D eigenvalue weighted by molar-refractivity contribution is -0.117. The van der Waals surface area contributed by atoms with Crippen LogP contribution in [0.3, 0.4) is 0 Å². The van der Waals surface area contributed by atoms with Crippen molar-refractivity contribution in [3.63, 3.8) is 0 Å². The van der Waals surface area contributed by atoms with Gasteiger partial charge >= 0.3 is 0 Å². The molecule has 0 aliphatic carbocycles. The summed E-state index contributed by atoms with van der Waals surface area (Å²) in [5.74, 6) is 5.24. The molecule has 2 atom stereocenters. The zero-order chi connectivity index (χ0) is 23.8. The van der Waals surface area contributed by atoms with Gasteiger partial charge in [0.1, 0.15) is 5.82 Å². The second-order valence-electron chi connectivity index (χ2n) is 7.76. The van der Waals surface area contributed by atoms with Crippen molar-refractivity contribution in [2.45, 2.75) is 32.7 Å². The van der Waals surface area contributed by atoms with Crippen LogP contribution in [0.2, 0.25) is 0 Å². The van der Waals surface area contributed by atoms with Crippen LogP contribution in [0.15, 0.2) is 66.3 Å². The first kappa shape index (κ1) is 24.8. The quantitative estimate of drug-likeness (QED) is 0.120. The molecule has 0 bridgehead atoms. The maximum Gasteiger partial charge on any atom is 0.264 e. The van der Waals surface area contributed by atoms with Gasteiger partial charge in [0, 0.05) is 28.8 Å². The Morgan fingerprint density at radius 2 is 1.91 bits per heavy atom. The first-order valence-electron chi connectivity index (χ1n) is 10.4. The molecule has 5 N–H and O–H groups in total. The number of rotatable bonds is 9. The number of aromatic amines is 1. The molecule has 0 saturated carbocycles. The third kappa shape index (κ3) is 6.50. The number of likely N-dealkylation sites (N-methyl/N-ethyl adjacent to an activating group) is 1. The van der Waals surface area contributed by atoms with Crippen LogP contribution in [0.5, 0.6) is 0 Å². The number of hydrogen-bond acceptors (Lipinski definition) is 5. The summed E-state index contributed by atoms with van der Waals surface area (Å²) < 4.78 is 0. The van der Waals surface area contributed by atoms with Gasteiger partial charge in [-0.2, -0.15) is 0 Å². The lowest BCUT2D eigenvalue weighted by Crippen LogP contribution is -2.30. The SMILES string of the molecule is C=C(/C=C\C(=C/C)C(=O)Nc1ccc2nc(C(C)/C=C\C(C)N(C)C)[nH]c2c1)C(=O)NN. The average Bonchev–Trinajstić information content (AvgIpc) is 3.20. The maximum atomic E-state index is 12.6. The Morgan fingerprint density at radius 1 is 1.19 bits per heavy atom. The molecule has 0 fully saturated rings. The number of aromatic nitrogens is 2. The summed E-state index contributed by atoms with van der Waals surface area (Å²) in [5.41, 5.74) is 4.82. The smallest absolute Gasteiger partial charge is 0.264 e. The molecule has 32 heavy (non-hydrogen) atoms. The van der Waals surface area contributed by atoms with Crippen LogP contribution in [0, 0.1) is 0 Å². The number of H-pyrrole nitrogens is 1. The van der Waals surface area contributed by atoms with Crippen molar-refractivity contribution < 1.29 is 9.59 Å². The molecule has 1 heterocycles. The fourth-order valence-corrected chi connectivity index (χ4v) is 2.78. The van der Waals surface area contributed by atoms with E-state index < -0.39 is 5.91 Å². The summed E-state index contributed by atoms with van der Waals surface area (Å²) in [5, 5.41) is 2.86. The first-order valence-corrected chi connectivity index (χ1v) is 10.4. The number of imidazole rings is 1. The van der Waals surface area contributed by atoms with Gasteiger partial charge in [0.2, 0.25) is 0 Å². The zero-order valence-electron chi connectivity index (χ0n) is 19.3. The van der Waals surface area contributed by atoms with E-state index in [2.05, 4.69) is 52.8 Å². The van der Waals surface area contributed by atoms with E-state index in [1.165, 1.54) is 12.2 Å². The number of hydrogen-bond donors (Lipinski definition) is 4. The molecule has 0 spiro atoms. The minimum Gasteiger partial charge on any atom is -0.341 e. The van der Waals surface area contributed by atoms with Crippen LogP contribution >= 0.6 is 0 Å². The van der Waals surface area contributed by atoms with Crippen molar-refractivity contribution in [3.8, 4) is 0 Å². The van der Waals surface area contributed by atoms with Gasteiger partial charge in [-0.05, 0) is 58.3 Å². The number of carbonyl (C=O) groups is 2. The standard InChI is InChI=1S/C24H32N6O2/c1-7-18(11-9-16(3)23(31)29-25)24(32)26-19-12-13-20-21(14-19)28-22(27-20)15(2)8-10-17(4)30(5)6/h7-15,17H,3,25H2,1-2,4-6H3,(H,26,32)(H,27,28)(H,29,31)/b10-8-,11-9-,18-7+. The number of hydrazine groups is 1. The van der Waals surface area contributed by atoms with E-state index in [-0.39, 0.29) is 17.4 Å². The Balaban J connectivity index is 2.13. The number of fused-ring (bicyclic) bond motifs is 1. The van der Waals surface area contributed by atoms with Crippen LogP contribution in [0.25, 0.3) is 11.0 Å². The molecule has 8 nitrogen and oxygen atoms in total. The van der Waals surface area contributed by atoms with Crippen LogP contribution in [0.4, 0.5) is 5.69 Å². The fourth-order valence-electron chi connectivity index (χ4n) is 2.78. The number of carbonyl (C=O) groups excluding carboxylic acids is 2. The molecule has 1 aromatic heterocycles. The topological polar surface area (TPSA) is 116 Å². The Bertz CT molecular complexity index is 1080. The highest BCUT2D eigenvalue weighted by Gasteiger charge is 2.12. The number of nitrogens with one attached hydrogen (secondary N) is 3. The van der Waals surface area contributed by atoms with Crippen LogP contribution < -0.4 is 16.6 Å². The Hall–Kier alpha value is -3.49. The summed E-state index contributed by atoms with van der Waals surface area (Å²) in [6.07, 6.45) is 8.89.